The summed E-state index contributed by atoms with van der Waals surface area (Å²) in [5.74, 6) is 8.12. The lowest BCUT2D eigenvalue weighted by Crippen LogP contribution is -2.07. The van der Waals surface area contributed by atoms with Crippen molar-refractivity contribution >= 4 is 0 Å². The van der Waals surface area contributed by atoms with Crippen molar-refractivity contribution in [2.75, 3.05) is 13.2 Å². The van der Waals surface area contributed by atoms with Crippen LogP contribution in [0.15, 0.2) is 47.2 Å². The van der Waals surface area contributed by atoms with Gasteiger partial charge in [-0.3, -0.25) is 0 Å². The largest absolute Gasteiger partial charge is 0.385 e. The van der Waals surface area contributed by atoms with Gasteiger partial charge in [-0.25, -0.2) is 4.98 Å². The minimum absolute atomic E-state index is 0.344. The average Bonchev–Trinajstić information content (AvgIpc) is 3.43. The van der Waals surface area contributed by atoms with Crippen LogP contribution in [0.1, 0.15) is 36.5 Å². The van der Waals surface area contributed by atoms with Gasteiger partial charge in [0.1, 0.15) is 17.6 Å². The standard InChI is InChI=1S/C21H21N3O3/c1-15(25)21-22-9-10-24(21)13-19-12-20(27-23-19)18-6-4-16(5-7-18)2-3-17-8-11-26-14-17/h4-7,9-10,12,15,17,25H,8,11,13-14H2,1H3. The molecule has 1 N–H and O–H groups in total. The second-order valence-corrected chi connectivity index (χ2v) is 6.68. The van der Waals surface area contributed by atoms with Crippen LogP contribution in [0.25, 0.3) is 11.3 Å². The van der Waals surface area contributed by atoms with Crippen molar-refractivity contribution in [3.8, 4) is 23.2 Å². The second kappa shape index (κ2) is 7.78. The first-order chi connectivity index (χ1) is 13.2. The highest BCUT2D eigenvalue weighted by Gasteiger charge is 2.13. The molecule has 6 nitrogen and oxygen atoms in total. The number of rotatable bonds is 4. The molecule has 1 saturated heterocycles. The van der Waals surface area contributed by atoms with E-state index in [1.807, 2.05) is 41.1 Å². The maximum atomic E-state index is 9.75. The molecule has 1 aliphatic rings. The van der Waals surface area contributed by atoms with Gasteiger partial charge in [-0.05, 0) is 37.6 Å². The second-order valence-electron chi connectivity index (χ2n) is 6.68. The number of aliphatic hydroxyl groups excluding tert-OH is 1. The fourth-order valence-electron chi connectivity index (χ4n) is 3.07. The van der Waals surface area contributed by atoms with Crippen LogP contribution in [-0.2, 0) is 11.3 Å². The number of hydrogen-bond acceptors (Lipinski definition) is 5. The molecular weight excluding hydrogens is 342 g/mol. The Kier molecular flexibility index (Phi) is 5.05. The molecule has 1 aliphatic heterocycles. The molecule has 1 fully saturated rings. The molecule has 2 atom stereocenters. The summed E-state index contributed by atoms with van der Waals surface area (Å²) in [4.78, 5) is 4.17. The third kappa shape index (κ3) is 4.11. The monoisotopic (exact) mass is 363 g/mol. The summed E-state index contributed by atoms with van der Waals surface area (Å²) in [6.45, 7) is 3.73. The molecule has 0 spiro atoms. The van der Waals surface area contributed by atoms with Gasteiger partial charge in [-0.15, -0.1) is 0 Å². The highest BCUT2D eigenvalue weighted by Crippen LogP contribution is 2.22. The topological polar surface area (TPSA) is 73.3 Å². The van der Waals surface area contributed by atoms with Crippen LogP contribution in [-0.4, -0.2) is 33.0 Å². The highest BCUT2D eigenvalue weighted by atomic mass is 16.5. The van der Waals surface area contributed by atoms with E-state index in [9.17, 15) is 5.11 Å². The first-order valence-electron chi connectivity index (χ1n) is 9.03. The number of benzene rings is 1. The van der Waals surface area contributed by atoms with Gasteiger partial charge >= 0.3 is 0 Å². The zero-order valence-corrected chi connectivity index (χ0v) is 15.1. The van der Waals surface area contributed by atoms with Crippen LogP contribution in [0.2, 0.25) is 0 Å². The molecule has 0 amide bonds. The van der Waals surface area contributed by atoms with Gasteiger partial charge in [0.15, 0.2) is 5.76 Å². The van der Waals surface area contributed by atoms with Gasteiger partial charge in [-0.1, -0.05) is 17.0 Å². The average molecular weight is 363 g/mol. The summed E-state index contributed by atoms with van der Waals surface area (Å²) in [7, 11) is 0. The van der Waals surface area contributed by atoms with Crippen LogP contribution in [0, 0.1) is 17.8 Å². The molecule has 1 aromatic carbocycles. The van der Waals surface area contributed by atoms with Crippen LogP contribution in [0.4, 0.5) is 0 Å². The molecule has 4 rings (SSSR count). The molecule has 0 saturated carbocycles. The summed E-state index contributed by atoms with van der Waals surface area (Å²) in [6.07, 6.45) is 3.87. The SMILES string of the molecule is CC(O)c1nccn1Cc1cc(-c2ccc(C#CC3CCOC3)cc2)on1. The summed E-state index contributed by atoms with van der Waals surface area (Å²) >= 11 is 0. The molecule has 3 heterocycles. The molecule has 6 heteroatoms. The van der Waals surface area contributed by atoms with Gasteiger partial charge in [0.2, 0.25) is 0 Å². The predicted molar refractivity (Wildman–Crippen MR) is 99.7 cm³/mol. The van der Waals surface area contributed by atoms with Gasteiger partial charge in [0.25, 0.3) is 0 Å². The number of aliphatic hydroxyl groups is 1. The molecule has 3 aromatic rings. The van der Waals surface area contributed by atoms with E-state index < -0.39 is 6.10 Å². The van der Waals surface area contributed by atoms with Gasteiger partial charge < -0.3 is 18.9 Å². The number of nitrogens with zero attached hydrogens (tertiary/aromatic N) is 3. The lowest BCUT2D eigenvalue weighted by molar-refractivity contribution is 0.184. The fraction of sp³-hybridized carbons (Fsp3) is 0.333. The molecular formula is C21H21N3O3. The number of ether oxygens (including phenoxy) is 1. The molecule has 0 radical (unpaired) electrons. The Morgan fingerprint density at radius 2 is 2.19 bits per heavy atom. The number of imidazole rings is 1. The zero-order chi connectivity index (χ0) is 18.6. The smallest absolute Gasteiger partial charge is 0.167 e. The molecule has 2 unspecified atom stereocenters. The first-order valence-corrected chi connectivity index (χ1v) is 9.03. The van der Waals surface area contributed by atoms with Crippen LogP contribution < -0.4 is 0 Å². The number of hydrogen-bond donors (Lipinski definition) is 1. The maximum Gasteiger partial charge on any atom is 0.167 e. The van der Waals surface area contributed by atoms with Crippen molar-refractivity contribution in [1.82, 2.24) is 14.7 Å². The molecule has 27 heavy (non-hydrogen) atoms. The van der Waals surface area contributed by atoms with Crippen molar-refractivity contribution in [3.05, 3.63) is 59.8 Å². The van der Waals surface area contributed by atoms with E-state index in [2.05, 4.69) is 22.0 Å². The van der Waals surface area contributed by atoms with E-state index in [-0.39, 0.29) is 0 Å². The summed E-state index contributed by atoms with van der Waals surface area (Å²) < 4.78 is 12.7. The van der Waals surface area contributed by atoms with Crippen LogP contribution in [0.5, 0.6) is 0 Å². The summed E-state index contributed by atoms with van der Waals surface area (Å²) in [6, 6.07) is 9.85. The van der Waals surface area contributed by atoms with Crippen molar-refractivity contribution in [3.63, 3.8) is 0 Å². The van der Waals surface area contributed by atoms with Crippen molar-refractivity contribution in [2.45, 2.75) is 26.0 Å². The van der Waals surface area contributed by atoms with Crippen molar-refractivity contribution in [1.29, 1.82) is 0 Å². The Morgan fingerprint density at radius 3 is 2.93 bits per heavy atom. The minimum atomic E-state index is -0.629. The van der Waals surface area contributed by atoms with Crippen LogP contribution in [0.3, 0.4) is 0 Å². The minimum Gasteiger partial charge on any atom is -0.385 e. The van der Waals surface area contributed by atoms with E-state index in [0.29, 0.717) is 24.0 Å². The molecule has 0 bridgehead atoms. The van der Waals surface area contributed by atoms with Gasteiger partial charge in [-0.2, -0.15) is 0 Å². The van der Waals surface area contributed by atoms with Crippen molar-refractivity contribution < 1.29 is 14.4 Å². The summed E-state index contributed by atoms with van der Waals surface area (Å²) in [5, 5.41) is 13.9. The quantitative estimate of drug-likeness (QED) is 0.722. The lowest BCUT2D eigenvalue weighted by atomic mass is 10.1. The molecule has 0 aliphatic carbocycles. The lowest BCUT2D eigenvalue weighted by Gasteiger charge is -2.07. The maximum absolute atomic E-state index is 9.75. The Labute approximate surface area is 157 Å². The van der Waals surface area contributed by atoms with E-state index in [0.717, 1.165) is 36.5 Å². The van der Waals surface area contributed by atoms with E-state index >= 15 is 0 Å². The predicted octanol–water partition coefficient (Wildman–Crippen LogP) is 3.03. The van der Waals surface area contributed by atoms with E-state index in [4.69, 9.17) is 9.26 Å². The fourth-order valence-corrected chi connectivity index (χ4v) is 3.07. The normalized spacial score (nSPS) is 17.5. The Morgan fingerprint density at radius 1 is 1.33 bits per heavy atom. The van der Waals surface area contributed by atoms with Gasteiger partial charge in [0.05, 0.1) is 13.2 Å². The molecule has 138 valence electrons. The van der Waals surface area contributed by atoms with Crippen molar-refractivity contribution in [2.24, 2.45) is 5.92 Å². The zero-order valence-electron chi connectivity index (χ0n) is 15.1. The number of aromatic nitrogens is 3. The summed E-state index contributed by atoms with van der Waals surface area (Å²) in [5.41, 5.74) is 2.70. The third-order valence-corrected chi connectivity index (χ3v) is 4.53. The third-order valence-electron chi connectivity index (χ3n) is 4.53. The Hall–Kier alpha value is -2.88. The first kappa shape index (κ1) is 17.5. The Balaban J connectivity index is 1.45. The van der Waals surface area contributed by atoms with E-state index in [1.54, 1.807) is 13.1 Å². The highest BCUT2D eigenvalue weighted by molar-refractivity contribution is 5.59. The molecule has 2 aromatic heterocycles. The Bertz CT molecular complexity index is 954. The van der Waals surface area contributed by atoms with Crippen LogP contribution >= 0.6 is 0 Å². The van der Waals surface area contributed by atoms with E-state index in [1.165, 1.54) is 0 Å². The van der Waals surface area contributed by atoms with Gasteiger partial charge in [0, 0.05) is 42.1 Å².